The number of rotatable bonds is 8. The van der Waals surface area contributed by atoms with Crippen molar-refractivity contribution in [1.29, 1.82) is 0 Å². The van der Waals surface area contributed by atoms with E-state index in [0.29, 0.717) is 0 Å². The third-order valence-corrected chi connectivity index (χ3v) is 16.5. The van der Waals surface area contributed by atoms with E-state index < -0.39 is 19.2 Å². The summed E-state index contributed by atoms with van der Waals surface area (Å²) >= 11 is -0.796. The molecule has 2 N–H and O–H groups in total. The van der Waals surface area contributed by atoms with E-state index in [1.54, 1.807) is 14.2 Å². The van der Waals surface area contributed by atoms with Crippen LogP contribution in [0.4, 0.5) is 0 Å². The summed E-state index contributed by atoms with van der Waals surface area (Å²) in [5.74, 6) is 0. The molecule has 0 rings (SSSR count). The van der Waals surface area contributed by atoms with Crippen LogP contribution in [0, 0.1) is 0 Å². The Balaban J connectivity index is 3.89. The topological polar surface area (TPSA) is 44.5 Å². The molecule has 0 aromatic carbocycles. The van der Waals surface area contributed by atoms with Gasteiger partial charge in [-0.25, -0.2) is 0 Å². The van der Waals surface area contributed by atoms with Gasteiger partial charge in [-0.3, -0.25) is 0 Å². The molecule has 13 heavy (non-hydrogen) atoms. The van der Waals surface area contributed by atoms with Crippen molar-refractivity contribution in [2.24, 2.45) is 5.73 Å². The second-order valence-electron chi connectivity index (χ2n) is 3.00. The van der Waals surface area contributed by atoms with E-state index in [1.165, 1.54) is 0 Å². The van der Waals surface area contributed by atoms with Gasteiger partial charge in [0.25, 0.3) is 0 Å². The van der Waals surface area contributed by atoms with Gasteiger partial charge in [-0.15, -0.1) is 0 Å². The third-order valence-electron chi connectivity index (χ3n) is 2.12. The van der Waals surface area contributed by atoms with Crippen LogP contribution in [0.1, 0.15) is 12.8 Å². The normalized spacial score (nSPS) is 12.0. The monoisotopic (exact) mass is 315 g/mol. The Kier molecular flexibility index (Phi) is 9.01. The van der Waals surface area contributed by atoms with Crippen LogP contribution in [0.3, 0.4) is 0 Å². The predicted molar refractivity (Wildman–Crippen MR) is 61.2 cm³/mol. The van der Waals surface area contributed by atoms with Crippen molar-refractivity contribution in [3.05, 3.63) is 0 Å². The van der Waals surface area contributed by atoms with Gasteiger partial charge in [0.1, 0.15) is 0 Å². The first kappa shape index (κ1) is 14.0. The SMILES string of the molecule is C[O][Sn]([CH2]CCCN)([CH2]SC)[O]C. The summed E-state index contributed by atoms with van der Waals surface area (Å²) in [7, 11) is 3.58. The zero-order chi connectivity index (χ0) is 10.2. The Morgan fingerprint density at radius 2 is 1.85 bits per heavy atom. The van der Waals surface area contributed by atoms with Gasteiger partial charge < -0.3 is 0 Å². The summed E-state index contributed by atoms with van der Waals surface area (Å²) in [5, 5.41) is 0. The summed E-state index contributed by atoms with van der Waals surface area (Å²) in [5.41, 5.74) is 5.45. The Morgan fingerprint density at radius 3 is 2.23 bits per heavy atom. The van der Waals surface area contributed by atoms with Gasteiger partial charge >= 0.3 is 90.9 Å². The summed E-state index contributed by atoms with van der Waals surface area (Å²) in [6.07, 6.45) is 4.33. The zero-order valence-corrected chi connectivity index (χ0v) is 12.5. The number of thioether (sulfide) groups is 1. The van der Waals surface area contributed by atoms with Crippen LogP contribution in [0.2, 0.25) is 4.44 Å². The number of nitrogens with two attached hydrogens (primary N) is 1. The van der Waals surface area contributed by atoms with Gasteiger partial charge in [-0.05, 0) is 0 Å². The van der Waals surface area contributed by atoms with Crippen molar-refractivity contribution in [3.63, 3.8) is 0 Å². The molecule has 0 saturated heterocycles. The molecule has 0 saturated carbocycles. The van der Waals surface area contributed by atoms with E-state index in [4.69, 9.17) is 11.9 Å². The molecule has 5 heteroatoms. The second-order valence-corrected chi connectivity index (χ2v) is 15.3. The molecule has 3 nitrogen and oxygen atoms in total. The second kappa shape index (κ2) is 8.35. The van der Waals surface area contributed by atoms with Gasteiger partial charge in [0.05, 0.1) is 0 Å². The quantitative estimate of drug-likeness (QED) is 0.543. The van der Waals surface area contributed by atoms with E-state index >= 15 is 0 Å². The van der Waals surface area contributed by atoms with Crippen LogP contribution in [-0.4, -0.2) is 50.0 Å². The number of hydrogen-bond donors (Lipinski definition) is 1. The van der Waals surface area contributed by atoms with Gasteiger partial charge in [-0.2, -0.15) is 0 Å². The van der Waals surface area contributed by atoms with E-state index in [-0.39, 0.29) is 0 Å². The Bertz CT molecular complexity index is 123. The maximum absolute atomic E-state index is 5.60. The zero-order valence-electron chi connectivity index (χ0n) is 8.84. The van der Waals surface area contributed by atoms with Crippen molar-refractivity contribution in [2.45, 2.75) is 17.3 Å². The fourth-order valence-electron chi connectivity index (χ4n) is 1.24. The molecule has 0 aliphatic carbocycles. The average molecular weight is 314 g/mol. The molecule has 80 valence electrons. The summed E-state index contributed by atoms with van der Waals surface area (Å²) in [4.78, 5) is 0. The van der Waals surface area contributed by atoms with Gasteiger partial charge in [0.15, 0.2) is 0 Å². The van der Waals surface area contributed by atoms with Crippen LogP contribution in [0.5, 0.6) is 0 Å². The van der Waals surface area contributed by atoms with Gasteiger partial charge in [-0.1, -0.05) is 0 Å². The first-order valence-electron chi connectivity index (χ1n) is 4.54. The van der Waals surface area contributed by atoms with Crippen LogP contribution in [0.15, 0.2) is 0 Å². The minimum atomic E-state index is -2.62. The van der Waals surface area contributed by atoms with Crippen LogP contribution in [-0.2, 0) is 6.15 Å². The van der Waals surface area contributed by atoms with Crippen molar-refractivity contribution in [1.82, 2.24) is 0 Å². The molecule has 0 aliphatic heterocycles. The van der Waals surface area contributed by atoms with E-state index in [2.05, 4.69) is 6.26 Å². The third kappa shape index (κ3) is 5.46. The molecule has 0 fully saturated rings. The van der Waals surface area contributed by atoms with Crippen molar-refractivity contribution in [3.8, 4) is 0 Å². The van der Waals surface area contributed by atoms with Crippen LogP contribution in [0.25, 0.3) is 0 Å². The standard InChI is InChI=1S/C4H10N.C2H5S.2CH3O.Sn/c1-2-3-4-5;1-3-2;2*1-2;/h1-5H2;1H2,2H3;2*1H3;/q;;2*-1;+2. The molecule has 0 aromatic heterocycles. The molecular weight excluding hydrogens is 293 g/mol. The summed E-state index contributed by atoms with van der Waals surface area (Å²) in [6, 6.07) is 0. The summed E-state index contributed by atoms with van der Waals surface area (Å²) in [6.45, 7) is 0.772. The molecule has 0 radical (unpaired) electrons. The molecular formula is C8H21NO2SSn. The Morgan fingerprint density at radius 1 is 1.23 bits per heavy atom. The molecule has 0 aliphatic rings. The van der Waals surface area contributed by atoms with Crippen molar-refractivity contribution in [2.75, 3.05) is 30.8 Å². The molecule has 0 heterocycles. The predicted octanol–water partition coefficient (Wildman–Crippen LogP) is 1.36. The first-order chi connectivity index (χ1) is 6.24. The van der Waals surface area contributed by atoms with Crippen LogP contribution < -0.4 is 5.73 Å². The van der Waals surface area contributed by atoms with Crippen molar-refractivity contribution >= 4 is 31.0 Å². The van der Waals surface area contributed by atoms with E-state index in [9.17, 15) is 0 Å². The first-order valence-corrected chi connectivity index (χ1v) is 12.3. The number of unbranched alkanes of at least 4 members (excludes halogenated alkanes) is 1. The number of hydrogen-bond acceptors (Lipinski definition) is 4. The maximum atomic E-state index is 5.60. The van der Waals surface area contributed by atoms with Gasteiger partial charge in [0.2, 0.25) is 0 Å². The minimum absolute atomic E-state index is 0.772. The fourth-order valence-corrected chi connectivity index (χ4v) is 13.0. The molecule has 0 aromatic rings. The molecule has 0 unspecified atom stereocenters. The Hall–Kier alpha value is 1.03. The Labute approximate surface area is 90.7 Å². The average Bonchev–Trinajstić information content (AvgIpc) is 2.17. The fraction of sp³-hybridized carbons (Fsp3) is 1.00. The van der Waals surface area contributed by atoms with Crippen LogP contribution >= 0.6 is 11.8 Å². The molecule has 0 bridgehead atoms. The van der Waals surface area contributed by atoms with Gasteiger partial charge in [0, 0.05) is 0 Å². The molecule has 0 spiro atoms. The summed E-state index contributed by atoms with van der Waals surface area (Å²) < 4.78 is 13.4. The molecule has 0 amide bonds. The van der Waals surface area contributed by atoms with Crippen molar-refractivity contribution < 1.29 is 6.15 Å². The van der Waals surface area contributed by atoms with E-state index in [0.717, 1.165) is 27.6 Å². The molecule has 0 atom stereocenters. The van der Waals surface area contributed by atoms with E-state index in [1.807, 2.05) is 11.8 Å².